The standard InChI is InChI=1S/C19H25FN2O2/c20-14-6-4-13(5-7-14)15-12-16(15)19(24)22-10-8-21(9-11-22)17-2-1-3-18(17)23/h4-7,15-18,23H,1-3,8-12H2/t15-,16-,17+,18+/m1/s1. The van der Waals surface area contributed by atoms with E-state index in [1.54, 1.807) is 12.1 Å². The van der Waals surface area contributed by atoms with E-state index >= 15 is 0 Å². The monoisotopic (exact) mass is 332 g/mol. The van der Waals surface area contributed by atoms with Gasteiger partial charge in [-0.2, -0.15) is 0 Å². The topological polar surface area (TPSA) is 43.8 Å². The third kappa shape index (κ3) is 3.07. The maximum atomic E-state index is 13.0. The van der Waals surface area contributed by atoms with Gasteiger partial charge in [0.2, 0.25) is 5.91 Å². The van der Waals surface area contributed by atoms with Crippen molar-refractivity contribution in [2.75, 3.05) is 26.2 Å². The molecule has 5 heteroatoms. The van der Waals surface area contributed by atoms with Gasteiger partial charge in [0.1, 0.15) is 5.82 Å². The van der Waals surface area contributed by atoms with Crippen LogP contribution in [0.3, 0.4) is 0 Å². The number of rotatable bonds is 3. The second-order valence-corrected chi connectivity index (χ2v) is 7.43. The predicted molar refractivity (Wildman–Crippen MR) is 89.0 cm³/mol. The molecule has 1 aliphatic heterocycles. The molecule has 1 N–H and O–H groups in total. The molecular weight excluding hydrogens is 307 g/mol. The lowest BCUT2D eigenvalue weighted by molar-refractivity contribution is -0.135. The Morgan fingerprint density at radius 3 is 2.42 bits per heavy atom. The first-order chi connectivity index (χ1) is 11.6. The van der Waals surface area contributed by atoms with E-state index in [4.69, 9.17) is 0 Å². The number of piperazine rings is 1. The molecular formula is C19H25FN2O2. The molecule has 3 aliphatic rings. The zero-order chi connectivity index (χ0) is 16.7. The number of carbonyl (C=O) groups excluding carboxylic acids is 1. The number of hydrogen-bond donors (Lipinski definition) is 1. The highest BCUT2D eigenvalue weighted by Gasteiger charge is 2.46. The summed E-state index contributed by atoms with van der Waals surface area (Å²) in [5.74, 6) is 0.343. The summed E-state index contributed by atoms with van der Waals surface area (Å²) in [4.78, 5) is 17.0. The van der Waals surface area contributed by atoms with Crippen molar-refractivity contribution in [1.29, 1.82) is 0 Å². The van der Waals surface area contributed by atoms with E-state index in [0.717, 1.165) is 57.4 Å². The molecule has 1 heterocycles. The van der Waals surface area contributed by atoms with Gasteiger partial charge in [0.25, 0.3) is 0 Å². The van der Waals surface area contributed by atoms with Gasteiger partial charge in [-0.1, -0.05) is 12.1 Å². The Morgan fingerprint density at radius 2 is 1.79 bits per heavy atom. The van der Waals surface area contributed by atoms with Crippen LogP contribution in [0.15, 0.2) is 24.3 Å². The first-order valence-corrected chi connectivity index (χ1v) is 9.10. The number of aliphatic hydroxyl groups is 1. The summed E-state index contributed by atoms with van der Waals surface area (Å²) in [6.07, 6.45) is 3.77. The molecule has 1 aromatic rings. The number of benzene rings is 1. The number of halogens is 1. The lowest BCUT2D eigenvalue weighted by Gasteiger charge is -2.39. The van der Waals surface area contributed by atoms with E-state index in [1.807, 2.05) is 4.90 Å². The van der Waals surface area contributed by atoms with Crippen LogP contribution in [0.1, 0.15) is 37.2 Å². The summed E-state index contributed by atoms with van der Waals surface area (Å²) in [5.41, 5.74) is 1.07. The largest absolute Gasteiger partial charge is 0.391 e. The summed E-state index contributed by atoms with van der Waals surface area (Å²) in [6, 6.07) is 6.83. The predicted octanol–water partition coefficient (Wildman–Crippen LogP) is 1.99. The Balaban J connectivity index is 1.30. The fourth-order valence-corrected chi connectivity index (χ4v) is 4.40. The average Bonchev–Trinajstić information content (AvgIpc) is 3.29. The van der Waals surface area contributed by atoms with Crippen molar-refractivity contribution in [3.8, 4) is 0 Å². The van der Waals surface area contributed by atoms with Crippen LogP contribution in [0, 0.1) is 11.7 Å². The van der Waals surface area contributed by atoms with Crippen LogP contribution in [0.25, 0.3) is 0 Å². The zero-order valence-electron chi connectivity index (χ0n) is 13.9. The quantitative estimate of drug-likeness (QED) is 0.921. The van der Waals surface area contributed by atoms with E-state index in [2.05, 4.69) is 4.90 Å². The molecule has 0 unspecified atom stereocenters. The highest BCUT2D eigenvalue weighted by molar-refractivity contribution is 5.83. The molecule has 0 aromatic heterocycles. The molecule has 4 nitrogen and oxygen atoms in total. The fourth-order valence-electron chi connectivity index (χ4n) is 4.40. The molecule has 2 saturated carbocycles. The van der Waals surface area contributed by atoms with Crippen molar-refractivity contribution in [3.63, 3.8) is 0 Å². The maximum Gasteiger partial charge on any atom is 0.226 e. The molecule has 1 saturated heterocycles. The van der Waals surface area contributed by atoms with Crippen molar-refractivity contribution in [2.45, 2.75) is 43.7 Å². The molecule has 0 bridgehead atoms. The minimum absolute atomic E-state index is 0.0686. The highest BCUT2D eigenvalue weighted by Crippen LogP contribution is 2.48. The van der Waals surface area contributed by atoms with Gasteiger partial charge in [0.15, 0.2) is 0 Å². The lowest BCUT2D eigenvalue weighted by Crippen LogP contribution is -2.54. The minimum Gasteiger partial charge on any atom is -0.391 e. The van der Waals surface area contributed by atoms with Gasteiger partial charge in [-0.15, -0.1) is 0 Å². The maximum absolute atomic E-state index is 13.0. The molecule has 4 atom stereocenters. The van der Waals surface area contributed by atoms with Gasteiger partial charge in [0.05, 0.1) is 6.10 Å². The zero-order valence-corrected chi connectivity index (χ0v) is 13.9. The van der Waals surface area contributed by atoms with E-state index in [0.29, 0.717) is 0 Å². The SMILES string of the molecule is O=C([C@@H]1C[C@@H]1c1ccc(F)cc1)N1CCN([C@H]2CCC[C@@H]2O)CC1. The van der Waals surface area contributed by atoms with E-state index in [-0.39, 0.29) is 35.7 Å². The van der Waals surface area contributed by atoms with Crippen LogP contribution < -0.4 is 0 Å². The molecule has 130 valence electrons. The number of carbonyl (C=O) groups is 1. The van der Waals surface area contributed by atoms with Crippen LogP contribution in [-0.4, -0.2) is 59.1 Å². The molecule has 1 amide bonds. The number of aliphatic hydroxyl groups excluding tert-OH is 1. The molecule has 24 heavy (non-hydrogen) atoms. The number of amides is 1. The van der Waals surface area contributed by atoms with Gasteiger partial charge in [-0.3, -0.25) is 9.69 Å². The Morgan fingerprint density at radius 1 is 1.08 bits per heavy atom. The highest BCUT2D eigenvalue weighted by atomic mass is 19.1. The first-order valence-electron chi connectivity index (χ1n) is 9.10. The summed E-state index contributed by atoms with van der Waals surface area (Å²) in [5, 5.41) is 10.0. The Bertz CT molecular complexity index is 598. The van der Waals surface area contributed by atoms with Gasteiger partial charge in [-0.05, 0) is 49.3 Å². The Kier molecular flexibility index (Phi) is 4.31. The van der Waals surface area contributed by atoms with Crippen LogP contribution in [0.5, 0.6) is 0 Å². The van der Waals surface area contributed by atoms with Gasteiger partial charge < -0.3 is 10.0 Å². The van der Waals surface area contributed by atoms with Gasteiger partial charge >= 0.3 is 0 Å². The molecule has 2 aliphatic carbocycles. The second kappa shape index (κ2) is 6.45. The number of nitrogens with zero attached hydrogens (tertiary/aromatic N) is 2. The van der Waals surface area contributed by atoms with Crippen molar-refractivity contribution in [1.82, 2.24) is 9.80 Å². The molecule has 3 fully saturated rings. The molecule has 4 rings (SSSR count). The van der Waals surface area contributed by atoms with E-state index in [9.17, 15) is 14.3 Å². The average molecular weight is 332 g/mol. The van der Waals surface area contributed by atoms with Gasteiger partial charge in [-0.25, -0.2) is 4.39 Å². The molecule has 1 aromatic carbocycles. The van der Waals surface area contributed by atoms with Crippen molar-refractivity contribution >= 4 is 5.91 Å². The van der Waals surface area contributed by atoms with E-state index < -0.39 is 0 Å². The second-order valence-electron chi connectivity index (χ2n) is 7.43. The van der Waals surface area contributed by atoms with Crippen molar-refractivity contribution < 1.29 is 14.3 Å². The van der Waals surface area contributed by atoms with E-state index in [1.165, 1.54) is 12.1 Å². The summed E-state index contributed by atoms with van der Waals surface area (Å²) < 4.78 is 13.0. The third-order valence-electron chi connectivity index (χ3n) is 5.94. The van der Waals surface area contributed by atoms with Crippen LogP contribution in [-0.2, 0) is 4.79 Å². The third-order valence-corrected chi connectivity index (χ3v) is 5.94. The lowest BCUT2D eigenvalue weighted by atomic mass is 10.1. The summed E-state index contributed by atoms with van der Waals surface area (Å²) in [7, 11) is 0. The van der Waals surface area contributed by atoms with Crippen LogP contribution >= 0.6 is 0 Å². The molecule has 0 radical (unpaired) electrons. The Labute approximate surface area is 142 Å². The smallest absolute Gasteiger partial charge is 0.226 e. The summed E-state index contributed by atoms with van der Waals surface area (Å²) in [6.45, 7) is 3.24. The van der Waals surface area contributed by atoms with Crippen molar-refractivity contribution in [2.24, 2.45) is 5.92 Å². The minimum atomic E-state index is -0.229. The first kappa shape index (κ1) is 16.0. The normalized spacial score (nSPS) is 33.7. The number of hydrogen-bond acceptors (Lipinski definition) is 3. The van der Waals surface area contributed by atoms with Crippen molar-refractivity contribution in [3.05, 3.63) is 35.6 Å². The van der Waals surface area contributed by atoms with Crippen LogP contribution in [0.2, 0.25) is 0 Å². The van der Waals surface area contributed by atoms with Crippen LogP contribution in [0.4, 0.5) is 4.39 Å². The molecule has 0 spiro atoms. The summed E-state index contributed by atoms with van der Waals surface area (Å²) >= 11 is 0. The van der Waals surface area contributed by atoms with Gasteiger partial charge in [0, 0.05) is 38.1 Å². The fraction of sp³-hybridized carbons (Fsp3) is 0.632. The Hall–Kier alpha value is -1.46.